The summed E-state index contributed by atoms with van der Waals surface area (Å²) < 4.78 is 53.7. The van der Waals surface area contributed by atoms with Crippen LogP contribution in [0.1, 0.15) is 0 Å². The number of anilines is 2. The average Bonchev–Trinajstić information content (AvgIpc) is 2.68. The van der Waals surface area contributed by atoms with Gasteiger partial charge in [-0.05, 0) is 12.1 Å². The van der Waals surface area contributed by atoms with Gasteiger partial charge in [0.15, 0.2) is 5.13 Å². The molecule has 2 N–H and O–H groups in total. The van der Waals surface area contributed by atoms with Crippen LogP contribution < -0.4 is 9.44 Å². The number of hydrogen-bond donors (Lipinski definition) is 2. The lowest BCUT2D eigenvalue weighted by molar-refractivity contribution is 0.597. The normalized spacial score (nSPS) is 11.3. The lowest BCUT2D eigenvalue weighted by atomic mass is 10.3. The van der Waals surface area contributed by atoms with E-state index < -0.39 is 27.5 Å². The van der Waals surface area contributed by atoms with Crippen molar-refractivity contribution in [3.63, 3.8) is 0 Å². The maximum absolute atomic E-state index is 13.3. The maximum atomic E-state index is 13.3. The molecule has 0 aliphatic rings. The third-order valence-electron chi connectivity index (χ3n) is 1.87. The van der Waals surface area contributed by atoms with E-state index in [1.54, 1.807) is 0 Å². The largest absolute Gasteiger partial charge is 0.323 e. The van der Waals surface area contributed by atoms with Crippen molar-refractivity contribution in [2.75, 3.05) is 9.44 Å². The molecule has 0 saturated heterocycles. The van der Waals surface area contributed by atoms with Gasteiger partial charge in [-0.2, -0.15) is 8.42 Å². The highest BCUT2D eigenvalue weighted by molar-refractivity contribution is 7.94. The first-order chi connectivity index (χ1) is 8.85. The SMILES string of the molecule is O=S(=O)(Nc1ncc(Cl)s1)Nc1cc(F)ccc1F. The van der Waals surface area contributed by atoms with Gasteiger partial charge in [-0.25, -0.2) is 18.5 Å². The fourth-order valence-corrected chi connectivity index (χ4v) is 3.10. The van der Waals surface area contributed by atoms with Crippen LogP contribution in [0.3, 0.4) is 0 Å². The summed E-state index contributed by atoms with van der Waals surface area (Å²) in [5, 5.41) is 0.00862. The Balaban J connectivity index is 2.19. The summed E-state index contributed by atoms with van der Waals surface area (Å²) in [7, 11) is -4.13. The van der Waals surface area contributed by atoms with Crippen LogP contribution in [0.2, 0.25) is 4.34 Å². The van der Waals surface area contributed by atoms with Gasteiger partial charge in [-0.1, -0.05) is 22.9 Å². The molecule has 0 bridgehead atoms. The molecule has 0 saturated carbocycles. The molecule has 0 aliphatic heterocycles. The molecule has 0 fully saturated rings. The zero-order valence-electron chi connectivity index (χ0n) is 9.02. The van der Waals surface area contributed by atoms with Crippen LogP contribution in [-0.2, 0) is 10.2 Å². The van der Waals surface area contributed by atoms with Crippen molar-refractivity contribution in [3.8, 4) is 0 Å². The van der Waals surface area contributed by atoms with Gasteiger partial charge in [-0.3, -0.25) is 4.72 Å². The number of hydrogen-bond acceptors (Lipinski definition) is 4. The first-order valence-corrected chi connectivity index (χ1v) is 7.40. The number of rotatable bonds is 4. The van der Waals surface area contributed by atoms with Gasteiger partial charge < -0.3 is 0 Å². The summed E-state index contributed by atoms with van der Waals surface area (Å²) in [6, 6.07) is 2.41. The fraction of sp³-hybridized carbons (Fsp3) is 0. The molecule has 0 atom stereocenters. The van der Waals surface area contributed by atoms with Gasteiger partial charge >= 0.3 is 10.2 Å². The number of thiazole rings is 1. The Hall–Kier alpha value is -1.45. The van der Waals surface area contributed by atoms with Gasteiger partial charge in [0.1, 0.15) is 16.0 Å². The minimum Gasteiger partial charge on any atom is -0.264 e. The van der Waals surface area contributed by atoms with Crippen LogP contribution >= 0.6 is 22.9 Å². The van der Waals surface area contributed by atoms with E-state index in [0.717, 1.165) is 29.5 Å². The van der Waals surface area contributed by atoms with E-state index in [0.29, 0.717) is 0 Å². The zero-order valence-corrected chi connectivity index (χ0v) is 11.4. The lowest BCUT2D eigenvalue weighted by Gasteiger charge is -2.08. The number of nitrogens with one attached hydrogen (secondary N) is 2. The van der Waals surface area contributed by atoms with Gasteiger partial charge in [-0.15, -0.1) is 0 Å². The molecular formula is C9H6ClF2N3O2S2. The molecule has 2 aromatic rings. The first-order valence-electron chi connectivity index (χ1n) is 4.73. The van der Waals surface area contributed by atoms with Crippen LogP contribution in [0, 0.1) is 11.6 Å². The van der Waals surface area contributed by atoms with Gasteiger partial charge in [0.05, 0.1) is 11.9 Å². The van der Waals surface area contributed by atoms with Crippen LogP contribution in [0.25, 0.3) is 0 Å². The highest BCUT2D eigenvalue weighted by Crippen LogP contribution is 2.24. The second-order valence-electron chi connectivity index (χ2n) is 3.30. The number of aromatic nitrogens is 1. The molecule has 0 unspecified atom stereocenters. The second-order valence-corrected chi connectivity index (χ2v) is 6.38. The Morgan fingerprint density at radius 1 is 1.26 bits per heavy atom. The molecule has 1 aromatic carbocycles. The molecule has 1 heterocycles. The van der Waals surface area contributed by atoms with Crippen molar-refractivity contribution in [1.82, 2.24) is 4.98 Å². The van der Waals surface area contributed by atoms with Crippen LogP contribution in [0.4, 0.5) is 19.6 Å². The van der Waals surface area contributed by atoms with Crippen molar-refractivity contribution in [2.24, 2.45) is 0 Å². The predicted octanol–water partition coefficient (Wildman–Crippen LogP) is 2.84. The summed E-state index contributed by atoms with van der Waals surface area (Å²) in [5.41, 5.74) is -0.504. The van der Waals surface area contributed by atoms with Crippen molar-refractivity contribution < 1.29 is 17.2 Å². The second kappa shape index (κ2) is 5.27. The Morgan fingerprint density at radius 3 is 2.63 bits per heavy atom. The van der Waals surface area contributed by atoms with E-state index in [4.69, 9.17) is 11.6 Å². The van der Waals surface area contributed by atoms with Gasteiger partial charge in [0.25, 0.3) is 0 Å². The van der Waals surface area contributed by atoms with E-state index in [2.05, 4.69) is 4.98 Å². The van der Waals surface area contributed by atoms with E-state index in [1.165, 1.54) is 6.20 Å². The molecule has 19 heavy (non-hydrogen) atoms. The monoisotopic (exact) mass is 325 g/mol. The standard InChI is InChI=1S/C9H6ClF2N3O2S2/c10-8-4-13-9(18-8)15-19(16,17)14-7-3-5(11)1-2-6(7)12/h1-4,14H,(H,13,15). The highest BCUT2D eigenvalue weighted by Gasteiger charge is 2.15. The zero-order chi connectivity index (χ0) is 14.0. The molecule has 2 rings (SSSR count). The predicted molar refractivity (Wildman–Crippen MR) is 69.6 cm³/mol. The number of nitrogens with zero attached hydrogens (tertiary/aromatic N) is 1. The fourth-order valence-electron chi connectivity index (χ4n) is 1.16. The molecule has 1 aromatic heterocycles. The Labute approximate surface area is 116 Å². The van der Waals surface area contributed by atoms with Crippen molar-refractivity contribution in [1.29, 1.82) is 0 Å². The summed E-state index contributed by atoms with van der Waals surface area (Å²) in [4.78, 5) is 3.67. The third kappa shape index (κ3) is 3.75. The molecule has 0 spiro atoms. The lowest BCUT2D eigenvalue weighted by Crippen LogP contribution is -2.22. The van der Waals surface area contributed by atoms with E-state index in [-0.39, 0.29) is 9.47 Å². The summed E-state index contributed by atoms with van der Waals surface area (Å²) in [6.07, 6.45) is 1.26. The van der Waals surface area contributed by atoms with E-state index >= 15 is 0 Å². The highest BCUT2D eigenvalue weighted by atomic mass is 35.5. The Morgan fingerprint density at radius 2 is 2.00 bits per heavy atom. The topological polar surface area (TPSA) is 71.1 Å². The number of halogens is 3. The molecule has 0 amide bonds. The maximum Gasteiger partial charge on any atom is 0.323 e. The van der Waals surface area contributed by atoms with E-state index in [1.807, 2.05) is 9.44 Å². The summed E-state index contributed by atoms with van der Waals surface area (Å²) in [6.45, 7) is 0. The summed E-state index contributed by atoms with van der Waals surface area (Å²) >= 11 is 6.48. The molecule has 0 aliphatic carbocycles. The average molecular weight is 326 g/mol. The van der Waals surface area contributed by atoms with Crippen LogP contribution in [0.5, 0.6) is 0 Å². The van der Waals surface area contributed by atoms with Crippen molar-refractivity contribution >= 4 is 44.0 Å². The van der Waals surface area contributed by atoms with Crippen LogP contribution in [0.15, 0.2) is 24.4 Å². The molecule has 5 nitrogen and oxygen atoms in total. The molecular weight excluding hydrogens is 320 g/mol. The van der Waals surface area contributed by atoms with Crippen molar-refractivity contribution in [3.05, 3.63) is 40.4 Å². The smallest absolute Gasteiger partial charge is 0.264 e. The minimum atomic E-state index is -4.13. The van der Waals surface area contributed by atoms with Crippen molar-refractivity contribution in [2.45, 2.75) is 0 Å². The Kier molecular flexibility index (Phi) is 3.88. The molecule has 10 heteroatoms. The van der Waals surface area contributed by atoms with Gasteiger partial charge in [0.2, 0.25) is 0 Å². The minimum absolute atomic E-state index is 0.00862. The van der Waals surface area contributed by atoms with Crippen LogP contribution in [-0.4, -0.2) is 13.4 Å². The summed E-state index contributed by atoms with van der Waals surface area (Å²) in [5.74, 6) is -1.67. The molecule has 0 radical (unpaired) electrons. The number of benzene rings is 1. The van der Waals surface area contributed by atoms with Gasteiger partial charge in [0, 0.05) is 6.07 Å². The van der Waals surface area contributed by atoms with E-state index in [9.17, 15) is 17.2 Å². The quantitative estimate of drug-likeness (QED) is 0.908. The third-order valence-corrected chi connectivity index (χ3v) is 3.98. The molecule has 102 valence electrons. The Bertz CT molecular complexity index is 705. The first kappa shape index (κ1) is 14.0.